The largest absolute Gasteiger partial charge is 0.381 e. The SMILES string of the molecule is O=C(CC1COC1)c1cnn2c(N(Cc3ccccc3)Cc3ccccc3)cc(Nc3cccc(Br)n3)nc12. The summed E-state index contributed by atoms with van der Waals surface area (Å²) in [5.41, 5.74) is 3.35. The number of aromatic nitrogens is 4. The highest BCUT2D eigenvalue weighted by molar-refractivity contribution is 9.10. The number of nitrogens with one attached hydrogen (secondary N) is 1. The zero-order chi connectivity index (χ0) is 26.6. The quantitative estimate of drug-likeness (QED) is 0.158. The number of ether oxygens (including phenoxy) is 1. The molecule has 1 aliphatic rings. The van der Waals surface area contributed by atoms with Crippen molar-refractivity contribution in [2.45, 2.75) is 19.5 Å². The third kappa shape index (κ3) is 5.84. The minimum Gasteiger partial charge on any atom is -0.381 e. The Morgan fingerprint density at radius 2 is 1.62 bits per heavy atom. The summed E-state index contributed by atoms with van der Waals surface area (Å²) in [4.78, 5) is 24.9. The van der Waals surface area contributed by atoms with Gasteiger partial charge in [-0.05, 0) is 39.2 Å². The minimum absolute atomic E-state index is 0.0205. The molecule has 0 spiro atoms. The zero-order valence-corrected chi connectivity index (χ0v) is 22.8. The number of carbonyl (C=O) groups excluding carboxylic acids is 1. The van der Waals surface area contributed by atoms with E-state index in [-0.39, 0.29) is 11.7 Å². The number of anilines is 3. The normalized spacial score (nSPS) is 13.3. The van der Waals surface area contributed by atoms with Crippen LogP contribution in [0.3, 0.4) is 0 Å². The van der Waals surface area contributed by atoms with E-state index in [1.54, 1.807) is 10.7 Å². The van der Waals surface area contributed by atoms with Gasteiger partial charge in [0, 0.05) is 31.5 Å². The number of carbonyl (C=O) groups is 1. The van der Waals surface area contributed by atoms with E-state index in [9.17, 15) is 4.79 Å². The van der Waals surface area contributed by atoms with Crippen LogP contribution < -0.4 is 10.2 Å². The van der Waals surface area contributed by atoms with Crippen LogP contribution in [0.15, 0.2) is 95.7 Å². The fraction of sp³-hybridized carbons (Fsp3) is 0.200. The van der Waals surface area contributed by atoms with E-state index in [4.69, 9.17) is 9.72 Å². The Kier molecular flexibility index (Phi) is 7.33. The molecule has 0 unspecified atom stereocenters. The van der Waals surface area contributed by atoms with Crippen molar-refractivity contribution < 1.29 is 9.53 Å². The molecule has 1 aliphatic heterocycles. The lowest BCUT2D eigenvalue weighted by atomic mass is 9.98. The Morgan fingerprint density at radius 1 is 0.923 bits per heavy atom. The van der Waals surface area contributed by atoms with Crippen LogP contribution in [0.5, 0.6) is 0 Å². The highest BCUT2D eigenvalue weighted by atomic mass is 79.9. The predicted octanol–water partition coefficient (Wildman–Crippen LogP) is 6.06. The summed E-state index contributed by atoms with van der Waals surface area (Å²) >= 11 is 3.44. The van der Waals surface area contributed by atoms with Gasteiger partial charge < -0.3 is 15.0 Å². The lowest BCUT2D eigenvalue weighted by Gasteiger charge is -2.26. The molecule has 0 aliphatic carbocycles. The fourth-order valence-corrected chi connectivity index (χ4v) is 4.99. The van der Waals surface area contributed by atoms with E-state index < -0.39 is 0 Å². The predicted molar refractivity (Wildman–Crippen MR) is 154 cm³/mol. The van der Waals surface area contributed by atoms with Crippen molar-refractivity contribution in [1.29, 1.82) is 0 Å². The standard InChI is InChI=1S/C30H27BrN6O2/c31-26-12-7-13-27(33-26)34-28-15-29(37-30(35-28)24(16-32-37)25(38)14-23-19-39-20-23)36(17-21-8-3-1-4-9-21)18-22-10-5-2-6-11-22/h1-13,15-16,23H,14,17-20H2,(H,33,34,35). The van der Waals surface area contributed by atoms with Crippen LogP contribution in [-0.2, 0) is 17.8 Å². The van der Waals surface area contributed by atoms with Gasteiger partial charge in [-0.3, -0.25) is 4.79 Å². The second-order valence-electron chi connectivity index (χ2n) is 9.62. The van der Waals surface area contributed by atoms with Gasteiger partial charge in [0.1, 0.15) is 22.1 Å². The third-order valence-corrected chi connectivity index (χ3v) is 7.10. The lowest BCUT2D eigenvalue weighted by molar-refractivity contribution is -0.0321. The first kappa shape index (κ1) is 25.2. The van der Waals surface area contributed by atoms with Crippen molar-refractivity contribution in [3.63, 3.8) is 0 Å². The number of Topliss-reactive ketones (excluding diaryl/α,β-unsaturated/α-hetero) is 1. The second-order valence-corrected chi connectivity index (χ2v) is 10.4. The number of ketones is 1. The maximum atomic E-state index is 13.3. The molecule has 8 nitrogen and oxygen atoms in total. The second kappa shape index (κ2) is 11.3. The molecule has 0 saturated carbocycles. The summed E-state index contributed by atoms with van der Waals surface area (Å²) in [6, 6.07) is 28.2. The molecular weight excluding hydrogens is 556 g/mol. The summed E-state index contributed by atoms with van der Waals surface area (Å²) in [6.45, 7) is 2.53. The first-order valence-corrected chi connectivity index (χ1v) is 13.6. The van der Waals surface area contributed by atoms with Gasteiger partial charge in [-0.25, -0.2) is 9.97 Å². The van der Waals surface area contributed by atoms with E-state index in [1.165, 1.54) is 0 Å². The van der Waals surface area contributed by atoms with Crippen molar-refractivity contribution in [2.24, 2.45) is 5.92 Å². The number of fused-ring (bicyclic) bond motifs is 1. The number of nitrogens with zero attached hydrogens (tertiary/aromatic N) is 5. The highest BCUT2D eigenvalue weighted by Crippen LogP contribution is 2.28. The summed E-state index contributed by atoms with van der Waals surface area (Å²) in [7, 11) is 0. The Labute approximate surface area is 234 Å². The van der Waals surface area contributed by atoms with Gasteiger partial charge >= 0.3 is 0 Å². The van der Waals surface area contributed by atoms with Crippen LogP contribution in [0.4, 0.5) is 17.5 Å². The Bertz CT molecular complexity index is 1550. The topological polar surface area (TPSA) is 84.6 Å². The average molecular weight is 583 g/mol. The molecule has 9 heteroatoms. The molecule has 2 aromatic carbocycles. The Hall–Kier alpha value is -4.08. The van der Waals surface area contributed by atoms with E-state index in [0.717, 1.165) is 16.9 Å². The van der Waals surface area contributed by atoms with Crippen LogP contribution in [0.1, 0.15) is 27.9 Å². The molecular formula is C30H27BrN6O2. The number of pyridine rings is 1. The zero-order valence-electron chi connectivity index (χ0n) is 21.2. The molecule has 1 N–H and O–H groups in total. The number of hydrogen-bond acceptors (Lipinski definition) is 7. The molecule has 0 bridgehead atoms. The van der Waals surface area contributed by atoms with Crippen molar-refractivity contribution in [3.8, 4) is 0 Å². The summed E-state index contributed by atoms with van der Waals surface area (Å²) in [5, 5.41) is 7.99. The minimum atomic E-state index is 0.0205. The smallest absolute Gasteiger partial charge is 0.170 e. The monoisotopic (exact) mass is 582 g/mol. The number of rotatable bonds is 10. The maximum Gasteiger partial charge on any atom is 0.170 e. The molecule has 4 heterocycles. The Morgan fingerprint density at radius 3 is 2.23 bits per heavy atom. The first-order chi connectivity index (χ1) is 19.1. The molecule has 196 valence electrons. The van der Waals surface area contributed by atoms with Gasteiger partial charge in [0.25, 0.3) is 0 Å². The van der Waals surface area contributed by atoms with E-state index in [0.29, 0.717) is 60.2 Å². The molecule has 39 heavy (non-hydrogen) atoms. The van der Waals surface area contributed by atoms with Crippen LogP contribution in [0.25, 0.3) is 5.65 Å². The molecule has 5 aromatic rings. The number of benzene rings is 2. The van der Waals surface area contributed by atoms with Crippen molar-refractivity contribution in [3.05, 3.63) is 112 Å². The van der Waals surface area contributed by atoms with Gasteiger partial charge in [0.05, 0.1) is 25.0 Å². The average Bonchev–Trinajstić information content (AvgIpc) is 3.35. The van der Waals surface area contributed by atoms with Gasteiger partial charge in [0.2, 0.25) is 0 Å². The van der Waals surface area contributed by atoms with Gasteiger partial charge in [0.15, 0.2) is 11.4 Å². The van der Waals surface area contributed by atoms with E-state index in [2.05, 4.69) is 60.5 Å². The molecule has 0 radical (unpaired) electrons. The van der Waals surface area contributed by atoms with Gasteiger partial charge in [-0.2, -0.15) is 9.61 Å². The van der Waals surface area contributed by atoms with Gasteiger partial charge in [-0.1, -0.05) is 66.7 Å². The van der Waals surface area contributed by atoms with Crippen molar-refractivity contribution in [1.82, 2.24) is 19.6 Å². The van der Waals surface area contributed by atoms with Crippen LogP contribution in [-0.4, -0.2) is 38.6 Å². The first-order valence-electron chi connectivity index (χ1n) is 12.8. The Balaban J connectivity index is 1.45. The maximum absolute atomic E-state index is 13.3. The third-order valence-electron chi connectivity index (χ3n) is 6.66. The number of halogens is 1. The van der Waals surface area contributed by atoms with E-state index in [1.807, 2.05) is 60.7 Å². The number of hydrogen-bond donors (Lipinski definition) is 1. The van der Waals surface area contributed by atoms with Crippen LogP contribution in [0.2, 0.25) is 0 Å². The molecule has 0 amide bonds. The molecule has 3 aromatic heterocycles. The van der Waals surface area contributed by atoms with Crippen LogP contribution in [0, 0.1) is 5.92 Å². The van der Waals surface area contributed by atoms with Crippen LogP contribution >= 0.6 is 15.9 Å². The fourth-order valence-electron chi connectivity index (χ4n) is 4.64. The summed E-state index contributed by atoms with van der Waals surface area (Å²) < 4.78 is 7.77. The molecule has 0 atom stereocenters. The van der Waals surface area contributed by atoms with Crippen molar-refractivity contribution in [2.75, 3.05) is 23.4 Å². The van der Waals surface area contributed by atoms with Gasteiger partial charge in [-0.15, -0.1) is 0 Å². The molecule has 1 saturated heterocycles. The summed E-state index contributed by atoms with van der Waals surface area (Å²) in [6.07, 6.45) is 2.05. The highest BCUT2D eigenvalue weighted by Gasteiger charge is 2.26. The molecule has 1 fully saturated rings. The molecule has 6 rings (SSSR count). The summed E-state index contributed by atoms with van der Waals surface area (Å²) in [5.74, 6) is 2.30. The van der Waals surface area contributed by atoms with Crippen molar-refractivity contribution >= 4 is 44.8 Å². The lowest BCUT2D eigenvalue weighted by Crippen LogP contribution is -2.29. The van der Waals surface area contributed by atoms with E-state index >= 15 is 0 Å².